The summed E-state index contributed by atoms with van der Waals surface area (Å²) in [6.45, 7) is 4.43. The van der Waals surface area contributed by atoms with Gasteiger partial charge in [-0.15, -0.1) is 0 Å². The molecule has 0 bridgehead atoms. The quantitative estimate of drug-likeness (QED) is 0.832. The number of hydrogen-bond acceptors (Lipinski definition) is 3. The minimum atomic E-state index is -0.362. The van der Waals surface area contributed by atoms with Crippen molar-refractivity contribution in [3.05, 3.63) is 24.0 Å². The van der Waals surface area contributed by atoms with Gasteiger partial charge in [0.15, 0.2) is 0 Å². The second-order valence-electron chi connectivity index (χ2n) is 5.26. The molecule has 1 fully saturated rings. The Morgan fingerprint density at radius 1 is 1.38 bits per heavy atom. The van der Waals surface area contributed by atoms with Crippen molar-refractivity contribution in [1.82, 2.24) is 4.98 Å². The minimum Gasteiger partial charge on any atom is -0.495 e. The number of pyridine rings is 1. The van der Waals surface area contributed by atoms with Gasteiger partial charge in [-0.3, -0.25) is 4.98 Å². The van der Waals surface area contributed by atoms with Crippen LogP contribution in [0.4, 0.5) is 0 Å². The lowest BCUT2D eigenvalue weighted by atomic mass is 9.73. The van der Waals surface area contributed by atoms with E-state index in [9.17, 15) is 0 Å². The molecule has 16 heavy (non-hydrogen) atoms. The van der Waals surface area contributed by atoms with Gasteiger partial charge >= 0.3 is 0 Å². The maximum Gasteiger partial charge on any atom is 0.142 e. The molecule has 1 aliphatic carbocycles. The summed E-state index contributed by atoms with van der Waals surface area (Å²) in [6.07, 6.45) is 5.07. The molecule has 0 amide bonds. The first-order chi connectivity index (χ1) is 7.51. The molecular formula is C13H20N2O. The van der Waals surface area contributed by atoms with Gasteiger partial charge in [0.25, 0.3) is 0 Å². The van der Waals surface area contributed by atoms with Crippen molar-refractivity contribution in [2.45, 2.75) is 38.6 Å². The van der Waals surface area contributed by atoms with Gasteiger partial charge in [-0.2, -0.15) is 0 Å². The smallest absolute Gasteiger partial charge is 0.142 e. The summed E-state index contributed by atoms with van der Waals surface area (Å²) in [5.41, 5.74) is 7.21. The molecule has 2 N–H and O–H groups in total. The molecule has 1 aromatic heterocycles. The zero-order valence-electron chi connectivity index (χ0n) is 10.3. The molecule has 1 atom stereocenters. The van der Waals surface area contributed by atoms with Crippen LogP contribution in [0.5, 0.6) is 5.75 Å². The summed E-state index contributed by atoms with van der Waals surface area (Å²) in [6, 6.07) is 3.82. The van der Waals surface area contributed by atoms with Gasteiger partial charge in [-0.1, -0.05) is 20.3 Å². The Morgan fingerprint density at radius 3 is 2.69 bits per heavy atom. The topological polar surface area (TPSA) is 48.1 Å². The van der Waals surface area contributed by atoms with Crippen molar-refractivity contribution in [2.24, 2.45) is 11.1 Å². The Balaban J connectivity index is 2.50. The van der Waals surface area contributed by atoms with Gasteiger partial charge in [-0.25, -0.2) is 0 Å². The van der Waals surface area contributed by atoms with Crippen molar-refractivity contribution in [3.63, 3.8) is 0 Å². The van der Waals surface area contributed by atoms with Crippen LogP contribution in [0.1, 0.15) is 38.8 Å². The molecule has 1 heterocycles. The number of nitrogens with two attached hydrogens (primary N) is 1. The van der Waals surface area contributed by atoms with Gasteiger partial charge < -0.3 is 10.5 Å². The van der Waals surface area contributed by atoms with Crippen LogP contribution in [-0.4, -0.2) is 12.1 Å². The summed E-state index contributed by atoms with van der Waals surface area (Å²) in [5.74, 6) is 0.806. The molecule has 2 rings (SSSR count). The molecule has 0 aromatic carbocycles. The molecule has 1 aliphatic rings. The summed E-state index contributed by atoms with van der Waals surface area (Å²) >= 11 is 0. The Hall–Kier alpha value is -1.09. The lowest BCUT2D eigenvalue weighted by molar-refractivity contribution is 0.198. The van der Waals surface area contributed by atoms with Crippen LogP contribution in [0.25, 0.3) is 0 Å². The molecule has 0 aliphatic heterocycles. The average molecular weight is 220 g/mol. The fourth-order valence-electron chi connectivity index (χ4n) is 2.70. The summed E-state index contributed by atoms with van der Waals surface area (Å²) < 4.78 is 5.37. The van der Waals surface area contributed by atoms with E-state index in [1.807, 2.05) is 12.1 Å². The third-order valence-electron chi connectivity index (χ3n) is 3.99. The zero-order valence-corrected chi connectivity index (χ0v) is 10.3. The Morgan fingerprint density at radius 2 is 2.12 bits per heavy atom. The van der Waals surface area contributed by atoms with E-state index in [1.54, 1.807) is 13.3 Å². The third kappa shape index (κ3) is 1.50. The van der Waals surface area contributed by atoms with Crippen LogP contribution in [0, 0.1) is 5.41 Å². The highest BCUT2D eigenvalue weighted by Gasteiger charge is 2.49. The number of methoxy groups -OCH3 is 1. The first-order valence-electron chi connectivity index (χ1n) is 5.80. The zero-order chi connectivity index (χ0) is 11.8. The highest BCUT2D eigenvalue weighted by atomic mass is 16.5. The first kappa shape index (κ1) is 11.4. The largest absolute Gasteiger partial charge is 0.495 e. The van der Waals surface area contributed by atoms with Crippen molar-refractivity contribution < 1.29 is 4.74 Å². The summed E-state index contributed by atoms with van der Waals surface area (Å²) in [5, 5.41) is 0. The van der Waals surface area contributed by atoms with Crippen molar-refractivity contribution in [2.75, 3.05) is 7.11 Å². The van der Waals surface area contributed by atoms with Crippen molar-refractivity contribution in [1.29, 1.82) is 0 Å². The number of rotatable bonds is 2. The summed E-state index contributed by atoms with van der Waals surface area (Å²) in [4.78, 5) is 4.45. The first-order valence-corrected chi connectivity index (χ1v) is 5.80. The molecule has 0 spiro atoms. The highest BCUT2D eigenvalue weighted by molar-refractivity contribution is 5.35. The van der Waals surface area contributed by atoms with Crippen LogP contribution in [-0.2, 0) is 5.54 Å². The monoisotopic (exact) mass is 220 g/mol. The van der Waals surface area contributed by atoms with Crippen LogP contribution >= 0.6 is 0 Å². The number of ether oxygens (including phenoxy) is 1. The fourth-order valence-corrected chi connectivity index (χ4v) is 2.70. The predicted molar refractivity (Wildman–Crippen MR) is 64.3 cm³/mol. The van der Waals surface area contributed by atoms with E-state index in [2.05, 4.69) is 18.8 Å². The lowest BCUT2D eigenvalue weighted by Crippen LogP contribution is -2.46. The van der Waals surface area contributed by atoms with E-state index in [4.69, 9.17) is 10.5 Å². The molecule has 1 aromatic rings. The van der Waals surface area contributed by atoms with E-state index >= 15 is 0 Å². The minimum absolute atomic E-state index is 0.0780. The van der Waals surface area contributed by atoms with Gasteiger partial charge in [0.2, 0.25) is 0 Å². The molecule has 0 radical (unpaired) electrons. The van der Waals surface area contributed by atoms with E-state index in [-0.39, 0.29) is 11.0 Å². The van der Waals surface area contributed by atoms with E-state index in [1.165, 1.54) is 0 Å². The molecule has 1 saturated carbocycles. The maximum absolute atomic E-state index is 6.59. The molecule has 3 nitrogen and oxygen atoms in total. The number of hydrogen-bond donors (Lipinski definition) is 1. The van der Waals surface area contributed by atoms with Crippen LogP contribution < -0.4 is 10.5 Å². The summed E-state index contributed by atoms with van der Waals surface area (Å²) in [7, 11) is 1.67. The van der Waals surface area contributed by atoms with Gasteiger partial charge in [-0.05, 0) is 30.4 Å². The second-order valence-corrected chi connectivity index (χ2v) is 5.26. The standard InChI is InChI=1S/C13H20N2O/c1-12(2)7-5-8-13(12,14)11-10(16-3)6-4-9-15-11/h4,6,9H,5,7-8,14H2,1-3H3. The Labute approximate surface area is 97.0 Å². The second kappa shape index (κ2) is 3.74. The predicted octanol–water partition coefficient (Wildman–Crippen LogP) is 2.45. The Kier molecular flexibility index (Phi) is 2.66. The van der Waals surface area contributed by atoms with Crippen LogP contribution in [0.15, 0.2) is 18.3 Å². The normalized spacial score (nSPS) is 28.0. The molecule has 88 valence electrons. The van der Waals surface area contributed by atoms with Crippen LogP contribution in [0.3, 0.4) is 0 Å². The van der Waals surface area contributed by atoms with Gasteiger partial charge in [0.1, 0.15) is 11.4 Å². The van der Waals surface area contributed by atoms with Crippen molar-refractivity contribution in [3.8, 4) is 5.75 Å². The molecule has 1 unspecified atom stereocenters. The highest BCUT2D eigenvalue weighted by Crippen LogP contribution is 2.51. The lowest BCUT2D eigenvalue weighted by Gasteiger charge is -2.38. The van der Waals surface area contributed by atoms with E-state index < -0.39 is 0 Å². The fraction of sp³-hybridized carbons (Fsp3) is 0.615. The van der Waals surface area contributed by atoms with Gasteiger partial charge in [0, 0.05) is 6.20 Å². The van der Waals surface area contributed by atoms with E-state index in [0.29, 0.717) is 0 Å². The number of aromatic nitrogens is 1. The molecule has 0 saturated heterocycles. The van der Waals surface area contributed by atoms with Gasteiger partial charge in [0.05, 0.1) is 12.6 Å². The average Bonchev–Trinajstić information content (AvgIpc) is 2.54. The van der Waals surface area contributed by atoms with Crippen LogP contribution in [0.2, 0.25) is 0 Å². The van der Waals surface area contributed by atoms with E-state index in [0.717, 1.165) is 30.7 Å². The SMILES string of the molecule is COc1cccnc1C1(N)CCCC1(C)C. The maximum atomic E-state index is 6.59. The third-order valence-corrected chi connectivity index (χ3v) is 3.99. The Bertz CT molecular complexity index is 389. The van der Waals surface area contributed by atoms with Crippen molar-refractivity contribution >= 4 is 0 Å². The molecular weight excluding hydrogens is 200 g/mol. The number of nitrogens with zero attached hydrogens (tertiary/aromatic N) is 1. The molecule has 3 heteroatoms.